The minimum absolute atomic E-state index is 0.535. The Labute approximate surface area is 127 Å². The number of hydrogen-bond acceptors (Lipinski definition) is 4. The Morgan fingerprint density at radius 3 is 2.60 bits per heavy atom. The van der Waals surface area contributed by atoms with E-state index in [9.17, 15) is 0 Å². The average molecular weight is 310 g/mol. The van der Waals surface area contributed by atoms with E-state index in [4.69, 9.17) is 21.5 Å². The van der Waals surface area contributed by atoms with Crippen LogP contribution in [0.1, 0.15) is 23.8 Å². The number of hydrogen-bond donors (Lipinski definition) is 1. The molecule has 0 saturated heterocycles. The maximum atomic E-state index is 8.60. The van der Waals surface area contributed by atoms with Gasteiger partial charge in [-0.05, 0) is 49.6 Å². The quantitative estimate of drug-likeness (QED) is 0.475. The lowest BCUT2D eigenvalue weighted by Crippen LogP contribution is -1.96. The van der Waals surface area contributed by atoms with Crippen LogP contribution in [0, 0.1) is 0 Å². The van der Waals surface area contributed by atoms with Gasteiger partial charge >= 0.3 is 0 Å². The summed E-state index contributed by atoms with van der Waals surface area (Å²) in [5.41, 5.74) is 1.93. The van der Waals surface area contributed by atoms with Gasteiger partial charge in [-0.25, -0.2) is 0 Å². The summed E-state index contributed by atoms with van der Waals surface area (Å²) >= 11 is 7.40. The predicted molar refractivity (Wildman–Crippen MR) is 83.3 cm³/mol. The van der Waals surface area contributed by atoms with Gasteiger partial charge in [0.1, 0.15) is 12.4 Å². The van der Waals surface area contributed by atoms with E-state index in [1.807, 2.05) is 43.3 Å². The number of aryl methyl sites for hydroxylation is 1. The Morgan fingerprint density at radius 1 is 1.25 bits per heavy atom. The maximum Gasteiger partial charge on any atom is 0.122 e. The van der Waals surface area contributed by atoms with Crippen LogP contribution in [0.15, 0.2) is 41.6 Å². The number of halogens is 1. The second-order valence-corrected chi connectivity index (χ2v) is 6.27. The summed E-state index contributed by atoms with van der Waals surface area (Å²) < 4.78 is 6.47. The first-order valence-corrected chi connectivity index (χ1v) is 7.50. The molecule has 2 rings (SSSR count). The van der Waals surface area contributed by atoms with Crippen LogP contribution in [0.5, 0.6) is 5.75 Å². The van der Waals surface area contributed by atoms with Gasteiger partial charge in [-0.3, -0.25) is 0 Å². The molecule has 0 aliphatic carbocycles. The van der Waals surface area contributed by atoms with Crippen molar-refractivity contribution in [2.24, 2.45) is 5.16 Å². The van der Waals surface area contributed by atoms with Gasteiger partial charge in [0.15, 0.2) is 0 Å². The largest absolute Gasteiger partial charge is 0.488 e. The van der Waals surface area contributed by atoms with Crippen molar-refractivity contribution in [2.45, 2.75) is 26.4 Å². The van der Waals surface area contributed by atoms with E-state index in [1.165, 1.54) is 16.9 Å². The molecule has 20 heavy (non-hydrogen) atoms. The molecule has 1 aromatic carbocycles. The van der Waals surface area contributed by atoms with E-state index in [1.54, 1.807) is 0 Å². The number of thiophene rings is 1. The third-order valence-corrected chi connectivity index (χ3v) is 4.08. The van der Waals surface area contributed by atoms with E-state index in [0.29, 0.717) is 6.61 Å². The van der Waals surface area contributed by atoms with Crippen molar-refractivity contribution < 1.29 is 9.94 Å². The fourth-order valence-corrected chi connectivity index (χ4v) is 2.71. The van der Waals surface area contributed by atoms with Crippen LogP contribution in [0.25, 0.3) is 0 Å². The van der Waals surface area contributed by atoms with Crippen molar-refractivity contribution in [1.29, 1.82) is 0 Å². The zero-order valence-electron chi connectivity index (χ0n) is 11.2. The van der Waals surface area contributed by atoms with E-state index in [-0.39, 0.29) is 0 Å². The molecule has 2 aromatic rings. The van der Waals surface area contributed by atoms with E-state index in [2.05, 4.69) is 5.16 Å². The van der Waals surface area contributed by atoms with Gasteiger partial charge in [-0.2, -0.15) is 0 Å². The van der Waals surface area contributed by atoms with Crippen molar-refractivity contribution in [3.05, 3.63) is 51.2 Å². The highest BCUT2D eigenvalue weighted by atomic mass is 35.5. The predicted octanol–water partition coefficient (Wildman–Crippen LogP) is 4.76. The molecule has 1 heterocycles. The molecule has 0 aliphatic heterocycles. The third-order valence-electron chi connectivity index (χ3n) is 2.88. The minimum atomic E-state index is 0.535. The Morgan fingerprint density at radius 2 is 2.00 bits per heavy atom. The molecule has 0 radical (unpaired) electrons. The van der Waals surface area contributed by atoms with Gasteiger partial charge in [-0.1, -0.05) is 28.9 Å². The molecule has 3 nitrogen and oxygen atoms in total. The van der Waals surface area contributed by atoms with Crippen molar-refractivity contribution in [2.75, 3.05) is 0 Å². The van der Waals surface area contributed by atoms with Crippen molar-refractivity contribution >= 4 is 28.6 Å². The molecular weight excluding hydrogens is 294 g/mol. The second-order valence-electron chi connectivity index (χ2n) is 4.47. The van der Waals surface area contributed by atoms with Gasteiger partial charge < -0.3 is 9.94 Å². The monoisotopic (exact) mass is 309 g/mol. The Kier molecular flexibility index (Phi) is 5.44. The van der Waals surface area contributed by atoms with Crippen LogP contribution in [0.4, 0.5) is 0 Å². The highest BCUT2D eigenvalue weighted by Crippen LogP contribution is 2.23. The smallest absolute Gasteiger partial charge is 0.122 e. The zero-order chi connectivity index (χ0) is 14.4. The zero-order valence-corrected chi connectivity index (χ0v) is 12.7. The van der Waals surface area contributed by atoms with Crippen molar-refractivity contribution in [3.63, 3.8) is 0 Å². The number of rotatable bonds is 6. The highest BCUT2D eigenvalue weighted by Gasteiger charge is 2.01. The van der Waals surface area contributed by atoms with E-state index in [0.717, 1.165) is 33.5 Å². The lowest BCUT2D eigenvalue weighted by molar-refractivity contribution is 0.309. The van der Waals surface area contributed by atoms with Gasteiger partial charge in [0.05, 0.1) is 10.0 Å². The summed E-state index contributed by atoms with van der Waals surface area (Å²) in [5, 5.41) is 11.8. The van der Waals surface area contributed by atoms with Crippen molar-refractivity contribution in [3.8, 4) is 5.75 Å². The van der Waals surface area contributed by atoms with Gasteiger partial charge in [0, 0.05) is 4.88 Å². The summed E-state index contributed by atoms with van der Waals surface area (Å²) in [6, 6.07) is 11.8. The molecular formula is C15H16ClNO2S. The summed E-state index contributed by atoms with van der Waals surface area (Å²) in [7, 11) is 0. The Bertz CT molecular complexity index is 578. The van der Waals surface area contributed by atoms with Gasteiger partial charge in [0.2, 0.25) is 0 Å². The summed E-state index contributed by atoms with van der Waals surface area (Å²) in [6.45, 7) is 2.34. The summed E-state index contributed by atoms with van der Waals surface area (Å²) in [5.74, 6) is 0.839. The Balaban J connectivity index is 1.85. The molecule has 0 unspecified atom stereocenters. The van der Waals surface area contributed by atoms with Gasteiger partial charge in [0.25, 0.3) is 0 Å². The fraction of sp³-hybridized carbons (Fsp3) is 0.267. The van der Waals surface area contributed by atoms with Crippen LogP contribution < -0.4 is 4.74 Å². The van der Waals surface area contributed by atoms with Crippen LogP contribution in [0.3, 0.4) is 0 Å². The lowest BCUT2D eigenvalue weighted by atomic mass is 10.1. The summed E-state index contributed by atoms with van der Waals surface area (Å²) in [6.07, 6.45) is 1.61. The SMILES string of the molecule is C/C(CCc1ccc(OCc2ccc(Cl)s2)cc1)=N\O. The maximum absolute atomic E-state index is 8.60. The molecule has 0 spiro atoms. The van der Waals surface area contributed by atoms with Crippen LogP contribution in [-0.2, 0) is 13.0 Å². The standard InChI is InChI=1S/C15H16ClNO2S/c1-11(17-18)2-3-12-4-6-13(7-5-12)19-10-14-8-9-15(16)20-14/h4-9,18H,2-3,10H2,1H3/b17-11+. The molecule has 0 fully saturated rings. The van der Waals surface area contributed by atoms with Gasteiger partial charge in [-0.15, -0.1) is 11.3 Å². The number of ether oxygens (including phenoxy) is 1. The molecule has 106 valence electrons. The first kappa shape index (κ1) is 14.9. The van der Waals surface area contributed by atoms with E-state index >= 15 is 0 Å². The molecule has 1 N–H and O–H groups in total. The molecule has 1 aromatic heterocycles. The highest BCUT2D eigenvalue weighted by molar-refractivity contribution is 7.16. The molecule has 5 heteroatoms. The van der Waals surface area contributed by atoms with Crippen LogP contribution in [0.2, 0.25) is 4.34 Å². The number of benzene rings is 1. The average Bonchev–Trinajstić information content (AvgIpc) is 2.89. The topological polar surface area (TPSA) is 41.8 Å². The van der Waals surface area contributed by atoms with Crippen molar-refractivity contribution in [1.82, 2.24) is 0 Å². The van der Waals surface area contributed by atoms with E-state index < -0.39 is 0 Å². The lowest BCUT2D eigenvalue weighted by Gasteiger charge is -2.06. The van der Waals surface area contributed by atoms with Crippen LogP contribution >= 0.6 is 22.9 Å². The first-order chi connectivity index (χ1) is 9.67. The molecule has 0 bridgehead atoms. The molecule has 0 aliphatic rings. The second kappa shape index (κ2) is 7.31. The normalized spacial score (nSPS) is 11.6. The summed E-state index contributed by atoms with van der Waals surface area (Å²) in [4.78, 5) is 1.11. The third kappa shape index (κ3) is 4.54. The molecule has 0 amide bonds. The number of nitrogens with zero attached hydrogens (tertiary/aromatic N) is 1. The minimum Gasteiger partial charge on any atom is -0.488 e. The molecule has 0 atom stereocenters. The first-order valence-electron chi connectivity index (χ1n) is 6.31. The number of oxime groups is 1. The molecule has 0 saturated carbocycles. The van der Waals surface area contributed by atoms with Crippen LogP contribution in [-0.4, -0.2) is 10.9 Å². The Hall–Kier alpha value is -1.52. The fourth-order valence-electron chi connectivity index (χ4n) is 1.71.